The van der Waals surface area contributed by atoms with Crippen molar-refractivity contribution in [3.8, 4) is 0 Å². The van der Waals surface area contributed by atoms with Gasteiger partial charge in [0.2, 0.25) is 0 Å². The summed E-state index contributed by atoms with van der Waals surface area (Å²) in [7, 11) is 3.65. The van der Waals surface area contributed by atoms with Crippen LogP contribution in [0, 0.1) is 0 Å². The number of aryl methyl sites for hydroxylation is 1. The first kappa shape index (κ1) is 22.2. The summed E-state index contributed by atoms with van der Waals surface area (Å²) < 4.78 is 1.79. The Kier molecular flexibility index (Phi) is 6.78. The van der Waals surface area contributed by atoms with Gasteiger partial charge < -0.3 is 14.8 Å². The molecule has 1 unspecified atom stereocenters. The normalized spacial score (nSPS) is 11.8. The number of aromatic nitrogens is 3. The number of rotatable bonds is 8. The van der Waals surface area contributed by atoms with E-state index in [1.165, 1.54) is 0 Å². The highest BCUT2D eigenvalue weighted by atomic mass is 16.2. The van der Waals surface area contributed by atoms with Gasteiger partial charge in [-0.25, -0.2) is 0 Å². The lowest BCUT2D eigenvalue weighted by atomic mass is 10.0. The second-order valence-corrected chi connectivity index (χ2v) is 8.04. The van der Waals surface area contributed by atoms with E-state index in [0.717, 1.165) is 5.56 Å². The summed E-state index contributed by atoms with van der Waals surface area (Å²) in [5, 5.41) is 2.99. The number of amides is 2. The molecule has 1 N–H and O–H groups in total. The molecule has 0 aliphatic heterocycles. The molecule has 0 bridgehead atoms. The molecule has 1 atom stereocenters. The molecule has 7 heteroatoms. The van der Waals surface area contributed by atoms with Crippen molar-refractivity contribution in [1.82, 2.24) is 24.8 Å². The van der Waals surface area contributed by atoms with Crippen LogP contribution < -0.4 is 5.32 Å². The van der Waals surface area contributed by atoms with Gasteiger partial charge in [-0.1, -0.05) is 36.4 Å². The number of fused-ring (bicyclic) bond motifs is 1. The number of hydrogen-bond acceptors (Lipinski definition) is 4. The number of hydrogen-bond donors (Lipinski definition) is 1. The van der Waals surface area contributed by atoms with Gasteiger partial charge in [-0.05, 0) is 42.7 Å². The highest BCUT2D eigenvalue weighted by Crippen LogP contribution is 2.19. The van der Waals surface area contributed by atoms with Crippen LogP contribution >= 0.6 is 0 Å². The van der Waals surface area contributed by atoms with Gasteiger partial charge in [0.15, 0.2) is 0 Å². The van der Waals surface area contributed by atoms with E-state index in [2.05, 4.69) is 27.4 Å². The number of nitrogens with one attached hydrogen (secondary N) is 1. The highest BCUT2D eigenvalue weighted by molar-refractivity contribution is 6.04. The van der Waals surface area contributed by atoms with Crippen LogP contribution in [0.3, 0.4) is 0 Å². The molecule has 0 aliphatic rings. The highest BCUT2D eigenvalue weighted by Gasteiger charge is 2.24. The summed E-state index contributed by atoms with van der Waals surface area (Å²) in [5.74, 6) is -0.241. The average Bonchev–Trinajstić information content (AvgIpc) is 3.28. The number of carbonyl (C=O) groups is 2. The van der Waals surface area contributed by atoms with E-state index in [1.54, 1.807) is 34.0 Å². The molecule has 2 aromatic heterocycles. The minimum Gasteiger partial charge on any atom is -0.351 e. The lowest BCUT2D eigenvalue weighted by Crippen LogP contribution is -2.41. The maximum absolute atomic E-state index is 13.5. The summed E-state index contributed by atoms with van der Waals surface area (Å²) in [5.41, 5.74) is 3.54. The summed E-state index contributed by atoms with van der Waals surface area (Å²) in [4.78, 5) is 36.4. The fourth-order valence-corrected chi connectivity index (χ4v) is 3.98. The Morgan fingerprint density at radius 2 is 1.79 bits per heavy atom. The molecule has 0 radical (unpaired) electrons. The Morgan fingerprint density at radius 3 is 2.55 bits per heavy atom. The molecule has 0 spiro atoms. The lowest BCUT2D eigenvalue weighted by Gasteiger charge is -2.29. The fourth-order valence-electron chi connectivity index (χ4n) is 3.98. The van der Waals surface area contributed by atoms with Gasteiger partial charge in [0.05, 0.1) is 11.1 Å². The zero-order valence-electron chi connectivity index (χ0n) is 18.8. The maximum Gasteiger partial charge on any atom is 0.267 e. The zero-order valence-corrected chi connectivity index (χ0v) is 18.8. The summed E-state index contributed by atoms with van der Waals surface area (Å²) in [6, 6.07) is 19.0. The monoisotopic (exact) mass is 441 g/mol. The average molecular weight is 442 g/mol. The van der Waals surface area contributed by atoms with Crippen molar-refractivity contribution in [1.29, 1.82) is 0 Å². The van der Waals surface area contributed by atoms with Crippen LogP contribution in [0.4, 0.5) is 0 Å². The van der Waals surface area contributed by atoms with Gasteiger partial charge in [-0.3, -0.25) is 19.6 Å². The predicted molar refractivity (Wildman–Crippen MR) is 128 cm³/mol. The number of likely N-dealkylation sites (N-methyl/N-ethyl adjacent to an activating group) is 1. The molecule has 2 heterocycles. The maximum atomic E-state index is 13.5. The van der Waals surface area contributed by atoms with E-state index >= 15 is 0 Å². The van der Waals surface area contributed by atoms with Crippen LogP contribution in [0.2, 0.25) is 0 Å². The minimum atomic E-state index is -0.126. The third-order valence-electron chi connectivity index (χ3n) is 5.85. The first-order valence-corrected chi connectivity index (χ1v) is 10.9. The lowest BCUT2D eigenvalue weighted by molar-refractivity contribution is 0.0724. The molecule has 33 heavy (non-hydrogen) atoms. The number of nitrogens with zero attached hydrogens (tertiary/aromatic N) is 4. The topological polar surface area (TPSA) is 80.1 Å². The first-order chi connectivity index (χ1) is 16.0. The molecule has 7 nitrogen and oxygen atoms in total. The minimum absolute atomic E-state index is 0.111. The predicted octanol–water partition coefficient (Wildman–Crippen LogP) is 3.47. The van der Waals surface area contributed by atoms with Crippen LogP contribution in [0.5, 0.6) is 0 Å². The second kappa shape index (κ2) is 10.1. The molecular formula is C26H27N5O2. The fraction of sp³-hybridized carbons (Fsp3) is 0.231. The molecule has 168 valence electrons. The molecule has 2 amide bonds. The van der Waals surface area contributed by atoms with Crippen LogP contribution in [-0.2, 0) is 13.5 Å². The molecule has 0 aliphatic carbocycles. The van der Waals surface area contributed by atoms with Crippen molar-refractivity contribution in [2.45, 2.75) is 18.9 Å². The molecular weight excluding hydrogens is 414 g/mol. The summed E-state index contributed by atoms with van der Waals surface area (Å²) in [6.07, 6.45) is 6.35. The number of benzene rings is 2. The quantitative estimate of drug-likeness (QED) is 0.454. The van der Waals surface area contributed by atoms with Crippen molar-refractivity contribution in [2.75, 3.05) is 13.6 Å². The van der Waals surface area contributed by atoms with Gasteiger partial charge in [0.25, 0.3) is 11.8 Å². The van der Waals surface area contributed by atoms with Crippen LogP contribution in [-0.4, -0.2) is 50.9 Å². The number of para-hydroxylation sites is 1. The number of carbonyl (C=O) groups excluding carboxylic acids is 2. The van der Waals surface area contributed by atoms with E-state index in [9.17, 15) is 9.59 Å². The van der Waals surface area contributed by atoms with E-state index in [4.69, 9.17) is 0 Å². The molecule has 4 aromatic rings. The van der Waals surface area contributed by atoms with E-state index < -0.39 is 0 Å². The third-order valence-corrected chi connectivity index (χ3v) is 5.85. The third kappa shape index (κ3) is 5.09. The van der Waals surface area contributed by atoms with Crippen LogP contribution in [0.25, 0.3) is 11.0 Å². The second-order valence-electron chi connectivity index (χ2n) is 8.04. The van der Waals surface area contributed by atoms with Crippen LogP contribution in [0.15, 0.2) is 79.3 Å². The molecule has 0 saturated carbocycles. The van der Waals surface area contributed by atoms with Crippen molar-refractivity contribution in [2.24, 2.45) is 7.05 Å². The van der Waals surface area contributed by atoms with Gasteiger partial charge in [-0.2, -0.15) is 0 Å². The molecule has 0 fully saturated rings. The SMILES string of the molecule is CN(C(=O)c1cccc2nccnc12)C(CCNC(=O)c1cccn1C)Cc1ccccc1. The Bertz CT molecular complexity index is 1250. The van der Waals surface area contributed by atoms with Gasteiger partial charge >= 0.3 is 0 Å². The van der Waals surface area contributed by atoms with E-state index in [1.807, 2.05) is 56.7 Å². The summed E-state index contributed by atoms with van der Waals surface area (Å²) >= 11 is 0. The summed E-state index contributed by atoms with van der Waals surface area (Å²) in [6.45, 7) is 0.453. The van der Waals surface area contributed by atoms with Gasteiger partial charge in [-0.15, -0.1) is 0 Å². The largest absolute Gasteiger partial charge is 0.351 e. The van der Waals surface area contributed by atoms with Crippen LogP contribution in [0.1, 0.15) is 32.8 Å². The van der Waals surface area contributed by atoms with Gasteiger partial charge in [0, 0.05) is 45.3 Å². The van der Waals surface area contributed by atoms with Crippen molar-refractivity contribution in [3.63, 3.8) is 0 Å². The Hall–Kier alpha value is -4.00. The zero-order chi connectivity index (χ0) is 23.2. The van der Waals surface area contributed by atoms with E-state index in [0.29, 0.717) is 41.7 Å². The Labute approximate surface area is 193 Å². The van der Waals surface area contributed by atoms with Crippen molar-refractivity contribution < 1.29 is 9.59 Å². The molecule has 0 saturated heterocycles. The first-order valence-electron chi connectivity index (χ1n) is 10.9. The molecule has 2 aromatic carbocycles. The molecule has 4 rings (SSSR count). The van der Waals surface area contributed by atoms with Gasteiger partial charge in [0.1, 0.15) is 11.2 Å². The Morgan fingerprint density at radius 1 is 1.00 bits per heavy atom. The van der Waals surface area contributed by atoms with E-state index in [-0.39, 0.29) is 17.9 Å². The Balaban J connectivity index is 1.52. The van der Waals surface area contributed by atoms with Crippen molar-refractivity contribution in [3.05, 3.63) is 96.1 Å². The smallest absolute Gasteiger partial charge is 0.267 e. The van der Waals surface area contributed by atoms with Crippen molar-refractivity contribution >= 4 is 22.8 Å². The standard InChI is InChI=1S/C26H27N5O2/c1-30-17-7-12-23(30)25(32)29-14-13-20(18-19-8-4-3-5-9-19)31(2)26(33)21-10-6-11-22-24(21)28-16-15-27-22/h3-12,15-17,20H,13-14,18H2,1-2H3,(H,29,32).